The fourth-order valence-corrected chi connectivity index (χ4v) is 3.47. The molecule has 8 heteroatoms. The first-order valence-electron chi connectivity index (χ1n) is 7.59. The summed E-state index contributed by atoms with van der Waals surface area (Å²) in [5.41, 5.74) is 0.651. The summed E-state index contributed by atoms with van der Waals surface area (Å²) in [6.45, 7) is 0.868. The maximum Gasteiger partial charge on any atom is 0.295 e. The Morgan fingerprint density at radius 2 is 2.24 bits per heavy atom. The number of nitrogens with zero attached hydrogens (tertiary/aromatic N) is 4. The second-order valence-corrected chi connectivity index (χ2v) is 6.32. The molecule has 3 heterocycles. The lowest BCUT2D eigenvalue weighted by Crippen LogP contribution is -2.33. The molecule has 0 atom stereocenters. The number of furan rings is 1. The number of rotatable bonds is 5. The molecule has 126 valence electrons. The van der Waals surface area contributed by atoms with Crippen molar-refractivity contribution in [2.75, 3.05) is 11.4 Å². The van der Waals surface area contributed by atoms with Crippen LogP contribution in [0, 0.1) is 5.82 Å². The highest BCUT2D eigenvalue weighted by molar-refractivity contribution is 7.22. The van der Waals surface area contributed by atoms with Crippen molar-refractivity contribution in [2.24, 2.45) is 0 Å². The molecule has 0 aliphatic carbocycles. The summed E-state index contributed by atoms with van der Waals surface area (Å²) in [5, 5.41) is 4.64. The highest BCUT2D eigenvalue weighted by Gasteiger charge is 2.23. The second kappa shape index (κ2) is 6.48. The van der Waals surface area contributed by atoms with Crippen molar-refractivity contribution >= 4 is 32.6 Å². The van der Waals surface area contributed by atoms with Gasteiger partial charge in [0.15, 0.2) is 10.9 Å². The summed E-state index contributed by atoms with van der Waals surface area (Å²) in [6.07, 6.45) is 4.95. The Morgan fingerprint density at radius 3 is 3.00 bits per heavy atom. The molecule has 1 amide bonds. The molecule has 0 fully saturated rings. The topological polar surface area (TPSA) is 64.2 Å². The molecule has 0 spiro atoms. The lowest BCUT2D eigenvalue weighted by molar-refractivity contribution is 0.0959. The number of fused-ring (bicyclic) bond motifs is 1. The lowest BCUT2D eigenvalue weighted by Gasteiger charge is -2.18. The summed E-state index contributed by atoms with van der Waals surface area (Å²) < 4.78 is 21.1. The average molecular weight is 356 g/mol. The van der Waals surface area contributed by atoms with E-state index in [0.29, 0.717) is 28.4 Å². The molecular weight excluding hydrogens is 343 g/mol. The molecule has 0 aliphatic heterocycles. The Bertz CT molecular complexity index is 995. The van der Waals surface area contributed by atoms with E-state index in [1.807, 2.05) is 12.3 Å². The summed E-state index contributed by atoms with van der Waals surface area (Å²) in [7, 11) is 0. The highest BCUT2D eigenvalue weighted by atomic mass is 32.1. The van der Waals surface area contributed by atoms with Gasteiger partial charge in [0, 0.05) is 18.9 Å². The molecule has 0 unspecified atom stereocenters. The molecule has 0 saturated heterocycles. The first kappa shape index (κ1) is 15.5. The van der Waals surface area contributed by atoms with Crippen molar-refractivity contribution in [1.29, 1.82) is 0 Å². The highest BCUT2D eigenvalue weighted by Crippen LogP contribution is 2.30. The Labute approximate surface area is 146 Å². The molecule has 6 nitrogen and oxygen atoms in total. The predicted octanol–water partition coefficient (Wildman–Crippen LogP) is 3.57. The van der Waals surface area contributed by atoms with Gasteiger partial charge in [-0.25, -0.2) is 9.37 Å². The number of halogens is 1. The van der Waals surface area contributed by atoms with E-state index in [-0.39, 0.29) is 17.5 Å². The van der Waals surface area contributed by atoms with Gasteiger partial charge in [0.2, 0.25) is 0 Å². The van der Waals surface area contributed by atoms with Gasteiger partial charge in [0.05, 0.1) is 23.0 Å². The third-order valence-corrected chi connectivity index (χ3v) is 4.70. The first-order chi connectivity index (χ1) is 12.2. The predicted molar refractivity (Wildman–Crippen MR) is 92.2 cm³/mol. The normalized spacial score (nSPS) is 11.1. The smallest absolute Gasteiger partial charge is 0.295 e. The second-order valence-electron chi connectivity index (χ2n) is 5.31. The van der Waals surface area contributed by atoms with Gasteiger partial charge in [-0.3, -0.25) is 14.4 Å². The number of anilines is 1. The standard InChI is InChI=1S/C17H13FN4O2S/c18-12-4-5-13-15(11-12)25-17(20-13)22(9-8-21-7-2-6-19-21)16(23)14-3-1-10-24-14/h1-7,10-11H,8-9H2. The monoisotopic (exact) mass is 356 g/mol. The maximum atomic E-state index is 13.4. The van der Waals surface area contributed by atoms with Crippen LogP contribution in [0.3, 0.4) is 0 Å². The maximum absolute atomic E-state index is 13.4. The minimum Gasteiger partial charge on any atom is -0.459 e. The van der Waals surface area contributed by atoms with Crippen LogP contribution in [-0.4, -0.2) is 27.2 Å². The third kappa shape index (κ3) is 3.16. The number of amides is 1. The number of benzene rings is 1. The van der Waals surface area contributed by atoms with Crippen molar-refractivity contribution in [3.8, 4) is 0 Å². The zero-order valence-corrected chi connectivity index (χ0v) is 13.8. The van der Waals surface area contributed by atoms with Gasteiger partial charge in [-0.05, 0) is 36.4 Å². The summed E-state index contributed by atoms with van der Waals surface area (Å²) in [6, 6.07) is 9.46. The van der Waals surface area contributed by atoms with Crippen LogP contribution in [0.5, 0.6) is 0 Å². The van der Waals surface area contributed by atoms with E-state index in [2.05, 4.69) is 10.1 Å². The van der Waals surface area contributed by atoms with E-state index in [1.54, 1.807) is 29.1 Å². The van der Waals surface area contributed by atoms with Gasteiger partial charge < -0.3 is 4.42 Å². The first-order valence-corrected chi connectivity index (χ1v) is 8.41. The Balaban J connectivity index is 1.68. The van der Waals surface area contributed by atoms with Crippen LogP contribution in [-0.2, 0) is 6.54 Å². The SMILES string of the molecule is O=C(c1ccco1)N(CCn1cccn1)c1nc2ccc(F)cc2s1. The molecule has 3 aromatic heterocycles. The van der Waals surface area contributed by atoms with Crippen molar-refractivity contribution in [1.82, 2.24) is 14.8 Å². The van der Waals surface area contributed by atoms with Gasteiger partial charge in [0.25, 0.3) is 5.91 Å². The van der Waals surface area contributed by atoms with Gasteiger partial charge >= 0.3 is 0 Å². The van der Waals surface area contributed by atoms with Crippen LogP contribution in [0.2, 0.25) is 0 Å². The number of carbonyl (C=O) groups is 1. The number of hydrogen-bond donors (Lipinski definition) is 0. The van der Waals surface area contributed by atoms with Crippen molar-refractivity contribution in [2.45, 2.75) is 6.54 Å². The van der Waals surface area contributed by atoms with E-state index in [4.69, 9.17) is 4.42 Å². The Kier molecular flexibility index (Phi) is 4.02. The molecular formula is C17H13FN4O2S. The van der Waals surface area contributed by atoms with E-state index < -0.39 is 0 Å². The van der Waals surface area contributed by atoms with E-state index in [0.717, 1.165) is 0 Å². The van der Waals surface area contributed by atoms with Gasteiger partial charge in [0.1, 0.15) is 5.82 Å². The van der Waals surface area contributed by atoms with Crippen LogP contribution in [0.25, 0.3) is 10.2 Å². The zero-order chi connectivity index (χ0) is 17.2. The van der Waals surface area contributed by atoms with E-state index in [9.17, 15) is 9.18 Å². The molecule has 4 rings (SSSR count). The van der Waals surface area contributed by atoms with Crippen LogP contribution >= 0.6 is 11.3 Å². The molecule has 1 aromatic carbocycles. The molecule has 0 bridgehead atoms. The third-order valence-electron chi connectivity index (χ3n) is 3.66. The quantitative estimate of drug-likeness (QED) is 0.548. The number of aromatic nitrogens is 3. The van der Waals surface area contributed by atoms with E-state index >= 15 is 0 Å². The Morgan fingerprint density at radius 1 is 1.32 bits per heavy atom. The van der Waals surface area contributed by atoms with Gasteiger partial charge in [-0.1, -0.05) is 11.3 Å². The minimum absolute atomic E-state index is 0.228. The fraction of sp³-hybridized carbons (Fsp3) is 0.118. The number of thiazole rings is 1. The van der Waals surface area contributed by atoms with Crippen LogP contribution in [0.4, 0.5) is 9.52 Å². The molecule has 0 aliphatic rings. The molecule has 25 heavy (non-hydrogen) atoms. The summed E-state index contributed by atoms with van der Waals surface area (Å²) in [4.78, 5) is 18.8. The molecule has 0 N–H and O–H groups in total. The van der Waals surface area contributed by atoms with Crippen molar-refractivity contribution in [3.05, 3.63) is 66.6 Å². The summed E-state index contributed by atoms with van der Waals surface area (Å²) in [5.74, 6) is -0.397. The zero-order valence-electron chi connectivity index (χ0n) is 13.0. The molecule has 4 aromatic rings. The van der Waals surface area contributed by atoms with Crippen molar-refractivity contribution in [3.63, 3.8) is 0 Å². The Hall–Kier alpha value is -3.00. The van der Waals surface area contributed by atoms with Crippen LogP contribution in [0.1, 0.15) is 10.6 Å². The summed E-state index contributed by atoms with van der Waals surface area (Å²) >= 11 is 1.26. The minimum atomic E-state index is -0.330. The number of carbonyl (C=O) groups excluding carboxylic acids is 1. The van der Waals surface area contributed by atoms with Gasteiger partial charge in [-0.15, -0.1) is 0 Å². The van der Waals surface area contributed by atoms with Crippen LogP contribution in [0.15, 0.2) is 59.5 Å². The average Bonchev–Trinajstić information content (AvgIpc) is 3.36. The fourth-order valence-electron chi connectivity index (χ4n) is 2.45. The molecule has 0 saturated carbocycles. The van der Waals surface area contributed by atoms with Gasteiger partial charge in [-0.2, -0.15) is 5.10 Å². The van der Waals surface area contributed by atoms with Crippen molar-refractivity contribution < 1.29 is 13.6 Å². The molecule has 0 radical (unpaired) electrons. The largest absolute Gasteiger partial charge is 0.459 e. The van der Waals surface area contributed by atoms with E-state index in [1.165, 1.54) is 34.6 Å². The number of hydrogen-bond acceptors (Lipinski definition) is 5. The van der Waals surface area contributed by atoms with Crippen LogP contribution < -0.4 is 4.90 Å². The lowest BCUT2D eigenvalue weighted by atomic mass is 10.3.